The molecule has 4 saturated heterocycles. The van der Waals surface area contributed by atoms with Crippen LogP contribution in [-0.2, 0) is 227 Å². The topological polar surface area (TPSA) is 901 Å². The van der Waals surface area contributed by atoms with E-state index in [4.69, 9.17) is 37.9 Å². The van der Waals surface area contributed by atoms with Crippen molar-refractivity contribution in [3.05, 3.63) is 0 Å². The lowest BCUT2D eigenvalue weighted by Gasteiger charge is -2.50. The van der Waals surface area contributed by atoms with Gasteiger partial charge in [-0.25, -0.2) is 54.4 Å². The van der Waals surface area contributed by atoms with Gasteiger partial charge in [0.1, 0.15) is 67.1 Å². The fraction of sp³-hybridized carbons (Fsp3) is 1.00. The maximum Gasteiger partial charge on any atom is 0.399 e. The zero-order valence-corrected chi connectivity index (χ0v) is 60.5. The molecule has 0 unspecified atom stereocenters. The summed E-state index contributed by atoms with van der Waals surface area (Å²) in [5.74, 6) is 0. The maximum absolute atomic E-state index is 13.1. The van der Waals surface area contributed by atoms with E-state index in [9.17, 15) is 169 Å². The van der Waals surface area contributed by atoms with Crippen LogP contribution in [0.2, 0.25) is 0 Å². The third-order valence-electron chi connectivity index (χ3n) is 12.3. The Morgan fingerprint density at radius 2 is 0.462 bits per heavy atom. The molecule has 60 nitrogen and oxygen atoms in total. The minimum absolute atomic E-state index is 0.0970. The van der Waals surface area contributed by atoms with E-state index in [-0.39, 0.29) is 12.8 Å². The molecule has 0 spiro atoms. The van der Waals surface area contributed by atoms with Gasteiger partial charge in [-0.2, -0.15) is 109 Å². The summed E-state index contributed by atoms with van der Waals surface area (Å²) in [6, 6.07) is 0. The Hall–Kier alpha value is -2.01. The first-order valence-electron chi connectivity index (χ1n) is 26.2. The van der Waals surface area contributed by atoms with Crippen molar-refractivity contribution in [2.75, 3.05) is 26.4 Å². The molecule has 0 aromatic rings. The van der Waals surface area contributed by atoms with E-state index < -0.39 is 285 Å². The van der Waals surface area contributed by atoms with Gasteiger partial charge in [0, 0.05) is 6.61 Å². The Morgan fingerprint density at radius 1 is 0.231 bits per heavy atom. The highest BCUT2D eigenvalue weighted by atomic mass is 32.3. The van der Waals surface area contributed by atoms with Crippen LogP contribution >= 0.6 is 0 Å². The second kappa shape index (κ2) is 36.2. The van der Waals surface area contributed by atoms with Crippen molar-refractivity contribution in [3.8, 4) is 0 Å². The third-order valence-corrected chi connectivity index (χ3v) is 18.3. The summed E-state index contributed by atoms with van der Waals surface area (Å²) >= 11 is 0. The first-order chi connectivity index (χ1) is 46.6. The standard InChI is InChI=1S/C31H56O60S13/c1-2-3-4-5-6-7-8-71-27-22(21(86-99(53,54)55)26(90-103(65,66)67)31(81-27)91-104(68,69)70)80-29-24(88-101(59,60)61)19(16(83-96(44,45)46)13(76-29)10-73-93(35,36)37)78-28-23(87-100(56,57)58)18(15(82-95(41,42)43)12(75-28)9-72-92(32,33)34)79-30-25(89-102(62,63)64)20(85-98(50,51)52)17(84-97(47,48)49)14(77-30)11-74-94(38,39)40/h12-31H,2-11H2,1H3,(H,32,33,34)(H,35,36,37)(H,38,39,40)(H,41,42,43)(H,44,45,46)(H,47,48,49)(H,50,51,52)(H,53,54,55)(H,56,57,58)(H,59,60,61)(H,62,63,64)(H,65,66,67)(H,68,69,70)/t12-,13-,14-,15-,16-,17-,18+,19+,20+,21-,22+,23+,24+,25+,26+,27+,28-,29-,30-,31-/m1/s1. The zero-order chi connectivity index (χ0) is 80.0. The van der Waals surface area contributed by atoms with E-state index in [1.165, 1.54) is 0 Å². The molecule has 104 heavy (non-hydrogen) atoms. The van der Waals surface area contributed by atoms with Gasteiger partial charge in [-0.05, 0) is 6.42 Å². The van der Waals surface area contributed by atoms with Crippen LogP contribution in [0.3, 0.4) is 0 Å². The summed E-state index contributed by atoms with van der Waals surface area (Å²) in [4.78, 5) is 0. The molecule has 4 heterocycles. The average Bonchev–Trinajstić information content (AvgIpc) is 0.754. The summed E-state index contributed by atoms with van der Waals surface area (Å²) in [6.45, 7) is -6.05. The van der Waals surface area contributed by atoms with E-state index in [1.807, 2.05) is 0 Å². The van der Waals surface area contributed by atoms with Crippen LogP contribution in [-0.4, -0.2) is 318 Å². The minimum Gasteiger partial charge on any atom is -0.350 e. The van der Waals surface area contributed by atoms with E-state index in [0.29, 0.717) is 25.7 Å². The summed E-state index contributed by atoms with van der Waals surface area (Å²) in [6.07, 6.45) is -70.9. The second-order valence-corrected chi connectivity index (χ2v) is 33.8. The van der Waals surface area contributed by atoms with Crippen molar-refractivity contribution >= 4 is 135 Å². The lowest BCUT2D eigenvalue weighted by molar-refractivity contribution is -0.389. The predicted octanol–water partition coefficient (Wildman–Crippen LogP) is -8.65. The van der Waals surface area contributed by atoms with Gasteiger partial charge in [-0.3, -0.25) is 59.2 Å². The molecule has 0 aromatic carbocycles. The molecule has 0 aliphatic carbocycles. The fourth-order valence-corrected chi connectivity index (χ4v) is 15.0. The van der Waals surface area contributed by atoms with Crippen molar-refractivity contribution in [3.63, 3.8) is 0 Å². The maximum atomic E-state index is 13.1. The van der Waals surface area contributed by atoms with Crippen LogP contribution in [0.15, 0.2) is 0 Å². The number of hydrogen-bond acceptors (Lipinski definition) is 47. The molecular weight excluding hydrogens is 1750 g/mol. The monoisotopic (exact) mass is 1800 g/mol. The van der Waals surface area contributed by atoms with Gasteiger partial charge in [0.2, 0.25) is 6.29 Å². The Bertz CT molecular complexity index is 4470. The summed E-state index contributed by atoms with van der Waals surface area (Å²) in [7, 11) is -84.0. The molecule has 4 aliphatic rings. The molecule has 0 saturated carbocycles. The molecule has 4 aliphatic heterocycles. The third kappa shape index (κ3) is 35.1. The van der Waals surface area contributed by atoms with E-state index in [1.54, 1.807) is 6.92 Å². The highest BCUT2D eigenvalue weighted by Gasteiger charge is 2.63. The molecule has 0 radical (unpaired) electrons. The molecule has 0 aromatic heterocycles. The molecule has 4 fully saturated rings. The largest absolute Gasteiger partial charge is 0.399 e. The lowest BCUT2D eigenvalue weighted by Crippen LogP contribution is -2.70. The van der Waals surface area contributed by atoms with Crippen LogP contribution in [0.25, 0.3) is 0 Å². The SMILES string of the molecule is CCCCCCCCO[C@H]1O[C@H](OS(=O)(=O)O)[C@@H](OS(=O)(=O)O)[C@H](OS(=O)(=O)O)[C@@H]1O[C@H]1O[C@H](COS(=O)(=O)O)[C@@H](OS(=O)(=O)O)[C@H](O[C@H]2O[C@H](COS(=O)(=O)O)[C@@H](OS(=O)(=O)O)[C@H](O[C@H]3O[C@H](COS(=O)(=O)O)[C@@H](OS(=O)(=O)O)[C@H](OS(=O)(=O)O)[C@@H]3OS(=O)(=O)O)[C@@H]2OS(=O)(=O)O)[C@@H]1OS(=O)(=O)O. The van der Waals surface area contributed by atoms with Crippen molar-refractivity contribution in [1.29, 1.82) is 0 Å². The first kappa shape index (κ1) is 94.4. The van der Waals surface area contributed by atoms with E-state index in [2.05, 4.69) is 54.4 Å². The molecular formula is C31H56O60S13. The Balaban J connectivity index is 2.28. The van der Waals surface area contributed by atoms with Gasteiger partial charge in [-0.1, -0.05) is 39.0 Å². The molecule has 618 valence electrons. The Kier molecular flexibility index (Phi) is 32.9. The van der Waals surface area contributed by atoms with Gasteiger partial charge in [-0.15, -0.1) is 0 Å². The van der Waals surface area contributed by atoms with E-state index in [0.717, 1.165) is 0 Å². The summed E-state index contributed by atoms with van der Waals surface area (Å²) in [5.41, 5.74) is 0. The summed E-state index contributed by atoms with van der Waals surface area (Å²) in [5, 5.41) is 0. The number of unbranched alkanes of at least 4 members (excludes halogenated alkanes) is 5. The van der Waals surface area contributed by atoms with Gasteiger partial charge >= 0.3 is 135 Å². The van der Waals surface area contributed by atoms with Gasteiger partial charge in [0.05, 0.1) is 19.8 Å². The van der Waals surface area contributed by atoms with E-state index >= 15 is 0 Å². The predicted molar refractivity (Wildman–Crippen MR) is 302 cm³/mol. The van der Waals surface area contributed by atoms with Crippen molar-refractivity contribution < 1.29 is 261 Å². The molecule has 0 bridgehead atoms. The van der Waals surface area contributed by atoms with Crippen LogP contribution in [0.1, 0.15) is 45.4 Å². The Morgan fingerprint density at radius 3 is 0.750 bits per heavy atom. The van der Waals surface area contributed by atoms with Crippen molar-refractivity contribution in [2.45, 2.75) is 168 Å². The van der Waals surface area contributed by atoms with Crippen molar-refractivity contribution in [1.82, 2.24) is 0 Å². The molecule has 4 rings (SSSR count). The van der Waals surface area contributed by atoms with Crippen LogP contribution in [0.5, 0.6) is 0 Å². The number of ether oxygens (including phenoxy) is 8. The quantitative estimate of drug-likeness (QED) is 0.0199. The van der Waals surface area contributed by atoms with Crippen LogP contribution in [0, 0.1) is 0 Å². The summed E-state index contributed by atoms with van der Waals surface area (Å²) < 4.78 is 550. The highest BCUT2D eigenvalue weighted by Crippen LogP contribution is 2.42. The number of hydrogen-bond donors (Lipinski definition) is 13. The number of rotatable bonds is 43. The zero-order valence-electron chi connectivity index (χ0n) is 49.9. The van der Waals surface area contributed by atoms with Crippen molar-refractivity contribution in [2.24, 2.45) is 0 Å². The molecule has 0 amide bonds. The Labute approximate surface area is 587 Å². The van der Waals surface area contributed by atoms with Crippen LogP contribution < -0.4 is 0 Å². The van der Waals surface area contributed by atoms with Gasteiger partial charge in [0.15, 0.2) is 49.6 Å². The van der Waals surface area contributed by atoms with Gasteiger partial charge < -0.3 is 37.9 Å². The fourth-order valence-electron chi connectivity index (χ4n) is 9.18. The minimum atomic E-state index is -6.86. The first-order valence-corrected chi connectivity index (χ1v) is 43.9. The van der Waals surface area contributed by atoms with Crippen LogP contribution in [0.4, 0.5) is 0 Å². The van der Waals surface area contributed by atoms with Gasteiger partial charge in [0.25, 0.3) is 0 Å². The molecule has 13 N–H and O–H groups in total. The molecule has 20 atom stereocenters. The average molecular weight is 1810 g/mol. The second-order valence-electron chi connectivity index (χ2n) is 20.0. The lowest BCUT2D eigenvalue weighted by atomic mass is 9.95. The normalized spacial score (nSPS) is 31.7. The highest BCUT2D eigenvalue weighted by molar-refractivity contribution is 7.83. The smallest absolute Gasteiger partial charge is 0.350 e. The molecule has 73 heteroatoms.